The van der Waals surface area contributed by atoms with Gasteiger partial charge >= 0.3 is 0 Å². The highest BCUT2D eigenvalue weighted by Gasteiger charge is 2.45. The van der Waals surface area contributed by atoms with Crippen molar-refractivity contribution in [2.24, 2.45) is 0 Å². The maximum atomic E-state index is 13.4. The van der Waals surface area contributed by atoms with Crippen molar-refractivity contribution in [1.82, 2.24) is 14.5 Å². The maximum absolute atomic E-state index is 13.4. The second-order valence-electron chi connectivity index (χ2n) is 9.45. The number of aromatic nitrogens is 2. The van der Waals surface area contributed by atoms with Crippen molar-refractivity contribution in [2.45, 2.75) is 32.5 Å². The molecule has 3 aromatic carbocycles. The Morgan fingerprint density at radius 3 is 2.45 bits per heavy atom. The highest BCUT2D eigenvalue weighted by molar-refractivity contribution is 6.46. The number of aliphatic hydroxyl groups excluding tert-OH is 1. The molecule has 1 unspecified atom stereocenters. The van der Waals surface area contributed by atoms with Crippen molar-refractivity contribution in [3.05, 3.63) is 120 Å². The summed E-state index contributed by atoms with van der Waals surface area (Å²) in [7, 11) is 0. The van der Waals surface area contributed by atoms with E-state index >= 15 is 0 Å². The Balaban J connectivity index is 1.48. The molecule has 0 bridgehead atoms. The Kier molecular flexibility index (Phi) is 8.25. The van der Waals surface area contributed by atoms with Gasteiger partial charge in [-0.05, 0) is 60.9 Å². The van der Waals surface area contributed by atoms with Crippen molar-refractivity contribution in [3.8, 4) is 11.5 Å². The first-order chi connectivity index (χ1) is 19.5. The lowest BCUT2D eigenvalue weighted by Crippen LogP contribution is -2.31. The Labute approximate surface area is 233 Å². The molecule has 0 saturated carbocycles. The molecule has 5 rings (SSSR count). The number of aryl methyl sites for hydroxylation is 1. The lowest BCUT2D eigenvalue weighted by atomic mass is 9.95. The first-order valence-corrected chi connectivity index (χ1v) is 13.3. The molecule has 1 N–H and O–H groups in total. The quantitative estimate of drug-likeness (QED) is 0.157. The van der Waals surface area contributed by atoms with Gasteiger partial charge in [0.1, 0.15) is 23.9 Å². The molecular formula is C32H31N3O5. The number of hydrogen-bond acceptors (Lipinski definition) is 6. The highest BCUT2D eigenvalue weighted by Crippen LogP contribution is 2.40. The zero-order valence-corrected chi connectivity index (χ0v) is 22.3. The third kappa shape index (κ3) is 5.91. The van der Waals surface area contributed by atoms with E-state index in [2.05, 4.69) is 4.98 Å². The number of Topliss-reactive ketones (excluding diaryl/α,β-unsaturated/α-hetero) is 1. The predicted molar refractivity (Wildman–Crippen MR) is 151 cm³/mol. The summed E-state index contributed by atoms with van der Waals surface area (Å²) < 4.78 is 13.5. The number of imidazole rings is 1. The minimum Gasteiger partial charge on any atom is -0.507 e. The van der Waals surface area contributed by atoms with Crippen molar-refractivity contribution in [3.63, 3.8) is 0 Å². The lowest BCUT2D eigenvalue weighted by molar-refractivity contribution is -0.139. The number of nitrogens with zero attached hydrogens (tertiary/aromatic N) is 3. The van der Waals surface area contributed by atoms with E-state index in [1.54, 1.807) is 36.8 Å². The van der Waals surface area contributed by atoms with Crippen LogP contribution in [0.15, 0.2) is 103 Å². The summed E-state index contributed by atoms with van der Waals surface area (Å²) in [6, 6.07) is 23.2. The lowest BCUT2D eigenvalue weighted by Gasteiger charge is -2.26. The molecular weight excluding hydrogens is 506 g/mol. The van der Waals surface area contributed by atoms with E-state index in [0.29, 0.717) is 55.4 Å². The smallest absolute Gasteiger partial charge is 0.295 e. The summed E-state index contributed by atoms with van der Waals surface area (Å²) in [5.74, 6) is -0.322. The van der Waals surface area contributed by atoms with Crippen LogP contribution < -0.4 is 9.47 Å². The molecule has 40 heavy (non-hydrogen) atoms. The second-order valence-corrected chi connectivity index (χ2v) is 9.45. The van der Waals surface area contributed by atoms with Crippen molar-refractivity contribution in [2.75, 3.05) is 13.2 Å². The fourth-order valence-electron chi connectivity index (χ4n) is 4.85. The molecule has 204 valence electrons. The molecule has 1 aliphatic heterocycles. The van der Waals surface area contributed by atoms with Gasteiger partial charge in [0, 0.05) is 31.0 Å². The van der Waals surface area contributed by atoms with Gasteiger partial charge in [0.15, 0.2) is 0 Å². The van der Waals surface area contributed by atoms with Crippen LogP contribution in [0.3, 0.4) is 0 Å². The molecule has 1 saturated heterocycles. The fraction of sp³-hybridized carbons (Fsp3) is 0.219. The number of ketones is 1. The van der Waals surface area contributed by atoms with Crippen molar-refractivity contribution >= 4 is 17.4 Å². The average molecular weight is 538 g/mol. The summed E-state index contributed by atoms with van der Waals surface area (Å²) in [6.07, 6.45) is 5.87. The predicted octanol–water partition coefficient (Wildman–Crippen LogP) is 5.37. The topological polar surface area (TPSA) is 93.9 Å². The minimum absolute atomic E-state index is 0.0528. The van der Waals surface area contributed by atoms with Crippen molar-refractivity contribution < 1.29 is 24.2 Å². The third-order valence-electron chi connectivity index (χ3n) is 6.78. The number of rotatable bonds is 11. The maximum Gasteiger partial charge on any atom is 0.295 e. The number of likely N-dealkylation sites (tertiary alicyclic amines) is 1. The number of amides is 1. The average Bonchev–Trinajstić information content (AvgIpc) is 3.59. The van der Waals surface area contributed by atoms with Crippen LogP contribution in [0.1, 0.15) is 36.1 Å². The zero-order chi connectivity index (χ0) is 27.9. The van der Waals surface area contributed by atoms with Gasteiger partial charge in [0.25, 0.3) is 11.7 Å². The van der Waals surface area contributed by atoms with Crippen LogP contribution in [0, 0.1) is 0 Å². The van der Waals surface area contributed by atoms with Crippen LogP contribution in [0.25, 0.3) is 5.76 Å². The molecule has 4 aromatic rings. The Morgan fingerprint density at radius 1 is 0.925 bits per heavy atom. The van der Waals surface area contributed by atoms with E-state index < -0.39 is 17.7 Å². The molecule has 2 heterocycles. The number of carbonyl (C=O) groups is 2. The molecule has 0 aliphatic carbocycles. The summed E-state index contributed by atoms with van der Waals surface area (Å²) in [6.45, 7) is 3.73. The normalized spacial score (nSPS) is 16.3. The van der Waals surface area contributed by atoms with E-state index in [-0.39, 0.29) is 11.3 Å². The highest BCUT2D eigenvalue weighted by atomic mass is 16.5. The van der Waals surface area contributed by atoms with E-state index in [1.807, 2.05) is 72.3 Å². The summed E-state index contributed by atoms with van der Waals surface area (Å²) in [5, 5.41) is 11.4. The zero-order valence-electron chi connectivity index (χ0n) is 22.3. The van der Waals surface area contributed by atoms with Crippen LogP contribution in [-0.4, -0.2) is 44.4 Å². The standard InChI is InChI=1S/C32H31N3O5/c1-2-39-26-14-12-24(13-15-26)30(36)28-29(35(32(38)31(28)37)18-7-17-34-19-16-33-22-34)25-10-6-11-27(20-25)40-21-23-8-4-3-5-9-23/h3-6,8-16,19-20,22,29,36H,2,7,17-18,21H2,1H3. The largest absolute Gasteiger partial charge is 0.507 e. The van der Waals surface area contributed by atoms with Crippen molar-refractivity contribution in [1.29, 1.82) is 0 Å². The van der Waals surface area contributed by atoms with Crippen LogP contribution in [0.5, 0.6) is 11.5 Å². The number of benzene rings is 3. The van der Waals surface area contributed by atoms with Crippen LogP contribution >= 0.6 is 0 Å². The van der Waals surface area contributed by atoms with E-state index in [9.17, 15) is 14.7 Å². The molecule has 1 amide bonds. The number of hydrogen-bond donors (Lipinski definition) is 1. The Morgan fingerprint density at radius 2 is 1.73 bits per heavy atom. The fourth-order valence-corrected chi connectivity index (χ4v) is 4.85. The summed E-state index contributed by atoms with van der Waals surface area (Å²) in [5.41, 5.74) is 2.19. The third-order valence-corrected chi connectivity index (χ3v) is 6.78. The van der Waals surface area contributed by atoms with Gasteiger partial charge in [-0.25, -0.2) is 4.98 Å². The first kappa shape index (κ1) is 26.7. The van der Waals surface area contributed by atoms with Gasteiger partial charge in [-0.3, -0.25) is 9.59 Å². The molecule has 0 radical (unpaired) electrons. The SMILES string of the molecule is CCOc1ccc(C(O)=C2C(=O)C(=O)N(CCCn3ccnc3)C2c2cccc(OCc3ccccc3)c2)cc1. The van der Waals surface area contributed by atoms with Gasteiger partial charge in [0.05, 0.1) is 24.5 Å². The molecule has 1 aliphatic rings. The van der Waals surface area contributed by atoms with E-state index in [0.717, 1.165) is 5.56 Å². The van der Waals surface area contributed by atoms with E-state index in [4.69, 9.17) is 9.47 Å². The van der Waals surface area contributed by atoms with E-state index in [1.165, 1.54) is 4.90 Å². The van der Waals surface area contributed by atoms with Gasteiger partial charge in [0.2, 0.25) is 0 Å². The first-order valence-electron chi connectivity index (χ1n) is 13.3. The molecule has 1 aromatic heterocycles. The minimum atomic E-state index is -0.769. The van der Waals surface area contributed by atoms with Crippen LogP contribution in [-0.2, 0) is 22.7 Å². The monoisotopic (exact) mass is 537 g/mol. The number of carbonyl (C=O) groups excluding carboxylic acids is 2. The van der Waals surface area contributed by atoms with Gasteiger partial charge < -0.3 is 24.0 Å². The molecule has 8 nitrogen and oxygen atoms in total. The van der Waals surface area contributed by atoms with Gasteiger partial charge in [-0.1, -0.05) is 42.5 Å². The summed E-state index contributed by atoms with van der Waals surface area (Å²) >= 11 is 0. The van der Waals surface area contributed by atoms with Crippen LogP contribution in [0.4, 0.5) is 0 Å². The van der Waals surface area contributed by atoms with Gasteiger partial charge in [-0.15, -0.1) is 0 Å². The second kappa shape index (κ2) is 12.3. The molecule has 1 atom stereocenters. The van der Waals surface area contributed by atoms with Crippen LogP contribution in [0.2, 0.25) is 0 Å². The van der Waals surface area contributed by atoms with Gasteiger partial charge in [-0.2, -0.15) is 0 Å². The number of ether oxygens (including phenoxy) is 2. The number of aliphatic hydroxyl groups is 1. The summed E-state index contributed by atoms with van der Waals surface area (Å²) in [4.78, 5) is 32.3. The molecule has 8 heteroatoms. The molecule has 1 fully saturated rings. The molecule has 0 spiro atoms. The Bertz CT molecular complexity index is 1480. The Hall–Kier alpha value is -4.85.